The van der Waals surface area contributed by atoms with Crippen LogP contribution >= 0.6 is 11.6 Å². The maximum atomic E-state index is 12.7. The third kappa shape index (κ3) is 3.55. The molecule has 2 unspecified atom stereocenters. The van der Waals surface area contributed by atoms with Gasteiger partial charge in [-0.3, -0.25) is 3.97 Å². The van der Waals surface area contributed by atoms with Crippen molar-refractivity contribution >= 4 is 44.6 Å². The molecule has 0 aliphatic rings. The van der Waals surface area contributed by atoms with Gasteiger partial charge in [0.25, 0.3) is 0 Å². The fraction of sp³-hybridized carbons (Fsp3) is 0.125. The van der Waals surface area contributed by atoms with Gasteiger partial charge in [-0.25, -0.2) is 8.42 Å². The molecule has 1 N–H and O–H groups in total. The van der Waals surface area contributed by atoms with Gasteiger partial charge in [-0.1, -0.05) is 49.7 Å². The van der Waals surface area contributed by atoms with E-state index in [4.69, 9.17) is 11.6 Å². The number of nitrogens with zero attached hydrogens (tertiary/aromatic N) is 1. The quantitative estimate of drug-likeness (QED) is 0.693. The SMILES string of the molecule is CC.O=S(O)c1cn(S(=O)c2ccccc2)c2cccc(Cl)c12. The summed E-state index contributed by atoms with van der Waals surface area (Å²) in [7, 11) is -1.51. The second-order valence-corrected chi connectivity index (χ2v) is 6.97. The van der Waals surface area contributed by atoms with E-state index in [1.165, 1.54) is 10.2 Å². The highest BCUT2D eigenvalue weighted by molar-refractivity contribution is 7.84. The predicted octanol–water partition coefficient (Wildman–Crippen LogP) is 4.47. The fourth-order valence-corrected chi connectivity index (χ4v) is 4.23. The van der Waals surface area contributed by atoms with E-state index in [-0.39, 0.29) is 4.90 Å². The Kier molecular flexibility index (Phi) is 6.12. The molecule has 0 spiro atoms. The van der Waals surface area contributed by atoms with E-state index in [1.807, 2.05) is 19.9 Å². The number of fused-ring (bicyclic) bond motifs is 1. The highest BCUT2D eigenvalue weighted by atomic mass is 35.5. The molecule has 7 heteroatoms. The van der Waals surface area contributed by atoms with Gasteiger partial charge in [0, 0.05) is 11.6 Å². The van der Waals surface area contributed by atoms with Crippen molar-refractivity contribution in [2.24, 2.45) is 0 Å². The first-order chi connectivity index (χ1) is 11.1. The molecule has 0 bridgehead atoms. The molecule has 2 aromatic carbocycles. The number of hydrogen-bond acceptors (Lipinski definition) is 2. The van der Waals surface area contributed by atoms with Crippen LogP contribution in [-0.4, -0.2) is 16.9 Å². The Morgan fingerprint density at radius 2 is 1.65 bits per heavy atom. The summed E-state index contributed by atoms with van der Waals surface area (Å²) in [5.41, 5.74) is 0.557. The Morgan fingerprint density at radius 3 is 2.26 bits per heavy atom. The predicted molar refractivity (Wildman–Crippen MR) is 95.6 cm³/mol. The number of benzene rings is 2. The Balaban J connectivity index is 0.000000924. The van der Waals surface area contributed by atoms with Crippen LogP contribution in [0.5, 0.6) is 0 Å². The van der Waals surface area contributed by atoms with E-state index in [2.05, 4.69) is 0 Å². The number of hydrogen-bond donors (Lipinski definition) is 1. The molecule has 0 saturated carbocycles. The van der Waals surface area contributed by atoms with Gasteiger partial charge >= 0.3 is 0 Å². The number of aromatic nitrogens is 1. The molecule has 1 heterocycles. The molecule has 23 heavy (non-hydrogen) atoms. The largest absolute Gasteiger partial charge is 0.302 e. The summed E-state index contributed by atoms with van der Waals surface area (Å²) in [6.07, 6.45) is 1.41. The molecule has 4 nitrogen and oxygen atoms in total. The molecule has 3 rings (SSSR count). The van der Waals surface area contributed by atoms with Gasteiger partial charge in [-0.2, -0.15) is 0 Å². The number of rotatable bonds is 3. The zero-order valence-electron chi connectivity index (χ0n) is 12.6. The lowest BCUT2D eigenvalue weighted by atomic mass is 10.2. The molecule has 3 aromatic rings. The minimum absolute atomic E-state index is 0.153. The zero-order valence-corrected chi connectivity index (χ0v) is 15.0. The van der Waals surface area contributed by atoms with E-state index in [0.29, 0.717) is 20.8 Å². The van der Waals surface area contributed by atoms with E-state index >= 15 is 0 Å². The molecule has 0 saturated heterocycles. The highest BCUT2D eigenvalue weighted by Crippen LogP contribution is 2.31. The van der Waals surface area contributed by atoms with Crippen molar-refractivity contribution < 1.29 is 13.0 Å². The summed E-state index contributed by atoms with van der Waals surface area (Å²) in [6, 6.07) is 14.0. The lowest BCUT2D eigenvalue weighted by molar-refractivity contribution is 0.565. The fourth-order valence-electron chi connectivity index (χ4n) is 2.10. The molecule has 0 radical (unpaired) electrons. The third-order valence-corrected chi connectivity index (χ3v) is 5.36. The van der Waals surface area contributed by atoms with E-state index in [0.717, 1.165) is 0 Å². The van der Waals surface area contributed by atoms with Crippen molar-refractivity contribution in [2.75, 3.05) is 0 Å². The van der Waals surface area contributed by atoms with Crippen molar-refractivity contribution in [1.82, 2.24) is 3.97 Å². The summed E-state index contributed by atoms with van der Waals surface area (Å²) < 4.78 is 35.0. The zero-order chi connectivity index (χ0) is 17.0. The molecule has 0 aliphatic heterocycles. The van der Waals surface area contributed by atoms with E-state index in [1.54, 1.807) is 42.5 Å². The second-order valence-electron chi connectivity index (χ2n) is 4.26. The maximum absolute atomic E-state index is 12.7. The lowest BCUT2D eigenvalue weighted by Gasteiger charge is -2.05. The van der Waals surface area contributed by atoms with Crippen LogP contribution in [0.1, 0.15) is 13.8 Å². The molecule has 2 atom stereocenters. The molecule has 0 fully saturated rings. The average molecular weight is 370 g/mol. The molecule has 0 amide bonds. The molecule has 0 aliphatic carbocycles. The van der Waals surface area contributed by atoms with E-state index in [9.17, 15) is 13.0 Å². The molecule has 1 aromatic heterocycles. The summed E-state index contributed by atoms with van der Waals surface area (Å²) in [5.74, 6) is 0. The summed E-state index contributed by atoms with van der Waals surface area (Å²) >= 11 is 3.91. The Hall–Kier alpha value is -1.47. The van der Waals surface area contributed by atoms with Crippen LogP contribution in [0, 0.1) is 0 Å². The molecule has 122 valence electrons. The van der Waals surface area contributed by atoms with Gasteiger partial charge in [0.05, 0.1) is 20.3 Å². The molecular weight excluding hydrogens is 354 g/mol. The van der Waals surface area contributed by atoms with Gasteiger partial charge in [0.15, 0.2) is 22.1 Å². The van der Waals surface area contributed by atoms with Crippen LogP contribution in [-0.2, 0) is 22.1 Å². The van der Waals surface area contributed by atoms with Crippen LogP contribution in [0.25, 0.3) is 10.9 Å². The van der Waals surface area contributed by atoms with Crippen molar-refractivity contribution in [3.05, 3.63) is 59.8 Å². The Bertz CT molecular complexity index is 862. The van der Waals surface area contributed by atoms with Gasteiger partial charge < -0.3 is 4.55 Å². The molecular formula is C16H16ClNO3S2. The first-order valence-corrected chi connectivity index (χ1v) is 9.56. The lowest BCUT2D eigenvalue weighted by Crippen LogP contribution is -2.03. The van der Waals surface area contributed by atoms with Gasteiger partial charge in [0.2, 0.25) is 0 Å². The first-order valence-electron chi connectivity index (χ1n) is 6.97. The monoisotopic (exact) mass is 369 g/mol. The first kappa shape index (κ1) is 17.9. The van der Waals surface area contributed by atoms with Crippen LogP contribution in [0.3, 0.4) is 0 Å². The van der Waals surface area contributed by atoms with Gasteiger partial charge in [0.1, 0.15) is 0 Å². The van der Waals surface area contributed by atoms with Crippen molar-refractivity contribution in [2.45, 2.75) is 23.6 Å². The van der Waals surface area contributed by atoms with Crippen LogP contribution in [0.15, 0.2) is 64.5 Å². The Morgan fingerprint density at radius 1 is 1.00 bits per heavy atom. The highest BCUT2D eigenvalue weighted by Gasteiger charge is 2.18. The normalized spacial score (nSPS) is 13.2. The van der Waals surface area contributed by atoms with Gasteiger partial charge in [-0.15, -0.1) is 0 Å². The topological polar surface area (TPSA) is 59.3 Å². The van der Waals surface area contributed by atoms with Crippen molar-refractivity contribution in [1.29, 1.82) is 0 Å². The second kappa shape index (κ2) is 7.88. The summed E-state index contributed by atoms with van der Waals surface area (Å²) in [6.45, 7) is 4.00. The van der Waals surface area contributed by atoms with Crippen LogP contribution in [0.2, 0.25) is 5.02 Å². The summed E-state index contributed by atoms with van der Waals surface area (Å²) in [4.78, 5) is 0.754. The maximum Gasteiger partial charge on any atom is 0.188 e. The Labute approximate surface area is 145 Å². The van der Waals surface area contributed by atoms with Crippen molar-refractivity contribution in [3.8, 4) is 0 Å². The van der Waals surface area contributed by atoms with Crippen LogP contribution in [0.4, 0.5) is 0 Å². The third-order valence-electron chi connectivity index (χ3n) is 3.02. The van der Waals surface area contributed by atoms with E-state index < -0.39 is 22.1 Å². The van der Waals surface area contributed by atoms with Crippen molar-refractivity contribution in [3.63, 3.8) is 0 Å². The van der Waals surface area contributed by atoms with Crippen LogP contribution < -0.4 is 0 Å². The summed E-state index contributed by atoms with van der Waals surface area (Å²) in [5, 5.41) is 0.804. The minimum Gasteiger partial charge on any atom is -0.302 e. The van der Waals surface area contributed by atoms with Gasteiger partial charge in [-0.05, 0) is 24.3 Å². The minimum atomic E-state index is -2.21. The smallest absolute Gasteiger partial charge is 0.188 e. The standard InChI is InChI=1S/C14H10ClNO3S2.C2H6/c15-11-7-4-8-12-14(11)13(21(18)19)9-16(12)20(17)10-5-2-1-3-6-10;1-2/h1-9H,(H,18,19);1-2H3. The average Bonchev–Trinajstić information content (AvgIpc) is 2.98. The number of halogens is 1.